The first-order valence-electron chi connectivity index (χ1n) is 11.7. The second-order valence-electron chi connectivity index (χ2n) is 8.35. The molecule has 1 heterocycles. The number of methoxy groups -OCH3 is 4. The van der Waals surface area contributed by atoms with E-state index in [0.29, 0.717) is 41.1 Å². The van der Waals surface area contributed by atoms with E-state index in [2.05, 4.69) is 10.2 Å². The molecule has 0 aliphatic carbocycles. The molecular formula is C28H30N2O6S. The summed E-state index contributed by atoms with van der Waals surface area (Å²) in [6, 6.07) is 18.3. The number of carbonyl (C=O) groups is 1. The molecule has 0 bridgehead atoms. The van der Waals surface area contributed by atoms with E-state index < -0.39 is 5.97 Å². The Kier molecular flexibility index (Phi) is 8.35. The second kappa shape index (κ2) is 11.8. The van der Waals surface area contributed by atoms with Gasteiger partial charge in [0.25, 0.3) is 0 Å². The zero-order chi connectivity index (χ0) is 26.4. The number of nitrogens with zero attached hydrogens (tertiary/aromatic N) is 1. The van der Waals surface area contributed by atoms with Crippen LogP contribution < -0.4 is 24.3 Å². The fourth-order valence-corrected chi connectivity index (χ4v) is 4.64. The number of hydrogen-bond donors (Lipinski definition) is 1. The highest BCUT2D eigenvalue weighted by Crippen LogP contribution is 2.38. The summed E-state index contributed by atoms with van der Waals surface area (Å²) < 4.78 is 27.3. The number of fused-ring (bicyclic) bond motifs is 1. The van der Waals surface area contributed by atoms with Gasteiger partial charge in [-0.15, -0.1) is 0 Å². The SMILES string of the molecule is COC(=O)c1ccc(OC[C@@H]2c3cc(OC)c(OC)cc3CCN2C(=S)Nc2ccc(OC)cc2)cc1. The molecule has 3 aromatic rings. The van der Waals surface area contributed by atoms with Gasteiger partial charge in [0.2, 0.25) is 0 Å². The van der Waals surface area contributed by atoms with Crippen LogP contribution in [0.1, 0.15) is 27.5 Å². The van der Waals surface area contributed by atoms with Gasteiger partial charge in [-0.05, 0) is 90.4 Å². The average molecular weight is 523 g/mol. The summed E-state index contributed by atoms with van der Waals surface area (Å²) in [5.74, 6) is 2.34. The molecule has 0 aromatic heterocycles. The summed E-state index contributed by atoms with van der Waals surface area (Å²) in [7, 11) is 6.24. The lowest BCUT2D eigenvalue weighted by Gasteiger charge is -2.39. The van der Waals surface area contributed by atoms with Crippen LogP contribution in [0, 0.1) is 0 Å². The third kappa shape index (κ3) is 5.89. The van der Waals surface area contributed by atoms with Crippen LogP contribution in [0.4, 0.5) is 5.69 Å². The maximum Gasteiger partial charge on any atom is 0.337 e. The minimum atomic E-state index is -0.394. The molecule has 0 unspecified atom stereocenters. The molecule has 1 N–H and O–H groups in total. The van der Waals surface area contributed by atoms with E-state index in [1.165, 1.54) is 7.11 Å². The monoisotopic (exact) mass is 522 g/mol. The molecule has 4 rings (SSSR count). The fraction of sp³-hybridized carbons (Fsp3) is 0.286. The van der Waals surface area contributed by atoms with Crippen molar-refractivity contribution in [3.05, 3.63) is 77.4 Å². The molecule has 0 spiro atoms. The predicted molar refractivity (Wildman–Crippen MR) is 145 cm³/mol. The Morgan fingerprint density at radius 3 is 2.19 bits per heavy atom. The molecular weight excluding hydrogens is 492 g/mol. The van der Waals surface area contributed by atoms with Gasteiger partial charge in [0.15, 0.2) is 16.6 Å². The number of esters is 1. The number of hydrogen-bond acceptors (Lipinski definition) is 7. The van der Waals surface area contributed by atoms with Crippen LogP contribution in [-0.2, 0) is 11.2 Å². The first-order valence-corrected chi connectivity index (χ1v) is 12.2. The largest absolute Gasteiger partial charge is 0.497 e. The smallest absolute Gasteiger partial charge is 0.337 e. The zero-order valence-electron chi connectivity index (χ0n) is 21.3. The van der Waals surface area contributed by atoms with E-state index in [1.807, 2.05) is 36.4 Å². The lowest BCUT2D eigenvalue weighted by molar-refractivity contribution is 0.0600. The standard InChI is InChI=1S/C28H30N2O6S/c1-32-21-11-7-20(8-12-21)29-28(37)30-14-13-19-15-25(33-2)26(34-3)16-23(19)24(30)17-36-22-9-5-18(6-10-22)27(31)35-4/h5-12,15-16,24H,13-14,17H2,1-4H3,(H,29,37)/t24-/m1/s1. The molecule has 3 aromatic carbocycles. The van der Waals surface area contributed by atoms with Crippen LogP contribution in [0.15, 0.2) is 60.7 Å². The Balaban J connectivity index is 1.60. The molecule has 0 fully saturated rings. The minimum absolute atomic E-state index is 0.193. The van der Waals surface area contributed by atoms with Crippen molar-refractivity contribution >= 4 is 29.0 Å². The van der Waals surface area contributed by atoms with Crippen LogP contribution in [0.3, 0.4) is 0 Å². The molecule has 0 amide bonds. The normalized spacial score (nSPS) is 14.3. The summed E-state index contributed by atoms with van der Waals surface area (Å²) in [6.45, 7) is 1.02. The van der Waals surface area contributed by atoms with Gasteiger partial charge >= 0.3 is 5.97 Å². The third-order valence-corrected chi connectivity index (χ3v) is 6.62. The molecule has 0 radical (unpaired) electrons. The van der Waals surface area contributed by atoms with Crippen LogP contribution in [0.5, 0.6) is 23.0 Å². The lowest BCUT2D eigenvalue weighted by atomic mass is 9.92. The highest BCUT2D eigenvalue weighted by Gasteiger charge is 2.31. The van der Waals surface area contributed by atoms with Crippen molar-refractivity contribution in [3.63, 3.8) is 0 Å². The number of thiocarbonyl (C=S) groups is 1. The molecule has 194 valence electrons. The Labute approximate surface area is 222 Å². The first-order chi connectivity index (χ1) is 18.0. The summed E-state index contributed by atoms with van der Waals surface area (Å²) in [6.07, 6.45) is 0.782. The van der Waals surface area contributed by atoms with Crippen molar-refractivity contribution < 1.29 is 28.5 Å². The van der Waals surface area contributed by atoms with Gasteiger partial charge in [0, 0.05) is 12.2 Å². The van der Waals surface area contributed by atoms with Crippen LogP contribution in [0.25, 0.3) is 0 Å². The number of anilines is 1. The van der Waals surface area contributed by atoms with E-state index >= 15 is 0 Å². The Bertz CT molecular complexity index is 1250. The van der Waals surface area contributed by atoms with Crippen molar-refractivity contribution in [2.45, 2.75) is 12.5 Å². The van der Waals surface area contributed by atoms with Crippen molar-refractivity contribution in [1.82, 2.24) is 4.90 Å². The fourth-order valence-electron chi connectivity index (χ4n) is 4.30. The van der Waals surface area contributed by atoms with Crippen molar-refractivity contribution in [1.29, 1.82) is 0 Å². The molecule has 9 heteroatoms. The van der Waals surface area contributed by atoms with Gasteiger partial charge in [0.05, 0.1) is 40.0 Å². The predicted octanol–water partition coefficient (Wildman–Crippen LogP) is 4.87. The van der Waals surface area contributed by atoms with Gasteiger partial charge in [-0.25, -0.2) is 4.79 Å². The van der Waals surface area contributed by atoms with Crippen LogP contribution >= 0.6 is 12.2 Å². The summed E-state index contributed by atoms with van der Waals surface area (Å²) >= 11 is 5.84. The van der Waals surface area contributed by atoms with E-state index in [-0.39, 0.29) is 6.04 Å². The molecule has 1 aliphatic heterocycles. The number of nitrogens with one attached hydrogen (secondary N) is 1. The second-order valence-corrected chi connectivity index (χ2v) is 8.74. The van der Waals surface area contributed by atoms with Crippen molar-refractivity contribution in [2.24, 2.45) is 0 Å². The Morgan fingerprint density at radius 2 is 1.57 bits per heavy atom. The molecule has 0 saturated heterocycles. The molecule has 1 aliphatic rings. The van der Waals surface area contributed by atoms with Gasteiger partial charge in [0.1, 0.15) is 18.1 Å². The zero-order valence-corrected chi connectivity index (χ0v) is 22.1. The van der Waals surface area contributed by atoms with E-state index in [9.17, 15) is 4.79 Å². The van der Waals surface area contributed by atoms with Gasteiger partial charge < -0.3 is 33.9 Å². The summed E-state index contributed by atoms with van der Waals surface area (Å²) in [5.41, 5.74) is 3.52. The van der Waals surface area contributed by atoms with Crippen LogP contribution in [-0.4, -0.2) is 57.6 Å². The summed E-state index contributed by atoms with van der Waals surface area (Å²) in [4.78, 5) is 13.9. The Hall–Kier alpha value is -3.98. The van der Waals surface area contributed by atoms with Crippen molar-refractivity contribution in [2.75, 3.05) is 46.9 Å². The molecule has 8 nitrogen and oxygen atoms in total. The maximum absolute atomic E-state index is 11.8. The molecule has 1 atom stereocenters. The van der Waals surface area contributed by atoms with Gasteiger partial charge in [-0.1, -0.05) is 0 Å². The van der Waals surface area contributed by atoms with E-state index in [0.717, 1.165) is 29.0 Å². The van der Waals surface area contributed by atoms with Crippen LogP contribution in [0.2, 0.25) is 0 Å². The van der Waals surface area contributed by atoms with E-state index in [4.69, 9.17) is 35.9 Å². The highest BCUT2D eigenvalue weighted by molar-refractivity contribution is 7.80. The first kappa shape index (κ1) is 26.1. The number of carbonyl (C=O) groups excluding carboxylic acids is 1. The minimum Gasteiger partial charge on any atom is -0.497 e. The highest BCUT2D eigenvalue weighted by atomic mass is 32.1. The quantitative estimate of drug-likeness (QED) is 0.329. The van der Waals surface area contributed by atoms with Gasteiger partial charge in [-0.2, -0.15) is 0 Å². The molecule has 37 heavy (non-hydrogen) atoms. The van der Waals surface area contributed by atoms with Gasteiger partial charge in [-0.3, -0.25) is 0 Å². The number of ether oxygens (including phenoxy) is 5. The number of benzene rings is 3. The topological polar surface area (TPSA) is 78.5 Å². The maximum atomic E-state index is 11.8. The number of rotatable bonds is 8. The van der Waals surface area contributed by atoms with Crippen molar-refractivity contribution in [3.8, 4) is 23.0 Å². The molecule has 0 saturated carbocycles. The lowest BCUT2D eigenvalue weighted by Crippen LogP contribution is -2.44. The Morgan fingerprint density at radius 1 is 0.919 bits per heavy atom. The third-order valence-electron chi connectivity index (χ3n) is 6.29. The van der Waals surface area contributed by atoms with E-state index in [1.54, 1.807) is 45.6 Å². The average Bonchev–Trinajstić information content (AvgIpc) is 2.95. The summed E-state index contributed by atoms with van der Waals surface area (Å²) in [5, 5.41) is 3.92.